The van der Waals surface area contributed by atoms with E-state index in [1.165, 1.54) is 18.4 Å². The Hall–Kier alpha value is -2.42. The average molecular weight is 339 g/mol. The van der Waals surface area contributed by atoms with E-state index < -0.39 is 18.0 Å². The molecule has 0 bridgehead atoms. The highest BCUT2D eigenvalue weighted by molar-refractivity contribution is 7.17. The molecule has 7 nitrogen and oxygen atoms in total. The van der Waals surface area contributed by atoms with Crippen molar-refractivity contribution in [2.75, 3.05) is 13.7 Å². The van der Waals surface area contributed by atoms with E-state index in [1.54, 1.807) is 11.4 Å². The second kappa shape index (κ2) is 5.99. The summed E-state index contributed by atoms with van der Waals surface area (Å²) in [7, 11) is 1.39. The number of primary amides is 1. The summed E-state index contributed by atoms with van der Waals surface area (Å²) in [4.78, 5) is 26.8. The van der Waals surface area contributed by atoms with Crippen molar-refractivity contribution in [3.8, 4) is 11.6 Å². The molecule has 3 heterocycles. The van der Waals surface area contributed by atoms with E-state index in [4.69, 9.17) is 15.2 Å². The van der Waals surface area contributed by atoms with Crippen molar-refractivity contribution in [3.63, 3.8) is 0 Å². The minimum Gasteiger partial charge on any atom is -0.488 e. The molecule has 1 aliphatic heterocycles. The van der Waals surface area contributed by atoms with Gasteiger partial charge in [-0.2, -0.15) is 0 Å². The Bertz CT molecular complexity index is 779. The van der Waals surface area contributed by atoms with Crippen molar-refractivity contribution in [3.05, 3.63) is 17.0 Å². The molecule has 0 radical (unpaired) electrons. The van der Waals surface area contributed by atoms with Crippen LogP contribution in [-0.4, -0.2) is 42.7 Å². The number of carbonyl (C=O) groups excluding carboxylic acids is 2. The van der Waals surface area contributed by atoms with E-state index in [9.17, 15) is 14.0 Å². The fourth-order valence-electron chi connectivity index (χ4n) is 2.36. The Morgan fingerprint density at radius 1 is 1.61 bits per heavy atom. The first kappa shape index (κ1) is 15.5. The number of nitrogens with one attached hydrogen (secondary N) is 1. The lowest BCUT2D eigenvalue weighted by molar-refractivity contribution is -0.123. The van der Waals surface area contributed by atoms with Crippen LogP contribution < -0.4 is 20.5 Å². The number of pyridine rings is 1. The Morgan fingerprint density at radius 3 is 3.00 bits per heavy atom. The maximum atomic E-state index is 13.2. The summed E-state index contributed by atoms with van der Waals surface area (Å²) in [6, 6.07) is 1.22. The third-order valence-corrected chi connectivity index (χ3v) is 4.40. The SMILES string of the molecule is COc1nc2c(OCC3C[C@@H](F)C(=O)N3)csc2cc1C(N)=O. The highest BCUT2D eigenvalue weighted by atomic mass is 32.1. The zero-order chi connectivity index (χ0) is 16.6. The van der Waals surface area contributed by atoms with Gasteiger partial charge in [-0.15, -0.1) is 11.3 Å². The maximum Gasteiger partial charge on any atom is 0.254 e. The summed E-state index contributed by atoms with van der Waals surface area (Å²) in [5, 5.41) is 4.25. The molecule has 2 aromatic rings. The van der Waals surface area contributed by atoms with Crippen molar-refractivity contribution < 1.29 is 23.5 Å². The summed E-state index contributed by atoms with van der Waals surface area (Å²) in [5.41, 5.74) is 6.01. The highest BCUT2D eigenvalue weighted by Crippen LogP contribution is 2.34. The van der Waals surface area contributed by atoms with Crippen LogP contribution >= 0.6 is 11.3 Å². The zero-order valence-corrected chi connectivity index (χ0v) is 13.0. The van der Waals surface area contributed by atoms with Crippen LogP contribution in [0.3, 0.4) is 0 Å². The first-order chi connectivity index (χ1) is 11.0. The van der Waals surface area contributed by atoms with Crippen molar-refractivity contribution in [2.45, 2.75) is 18.6 Å². The number of alkyl halides is 1. The average Bonchev–Trinajstić information content (AvgIpc) is 3.06. The third kappa shape index (κ3) is 2.91. The van der Waals surface area contributed by atoms with Gasteiger partial charge < -0.3 is 20.5 Å². The Kier molecular flexibility index (Phi) is 4.03. The Labute approximate surface area is 134 Å². The number of hydrogen-bond acceptors (Lipinski definition) is 6. The molecule has 2 aromatic heterocycles. The monoisotopic (exact) mass is 339 g/mol. The first-order valence-corrected chi connectivity index (χ1v) is 7.71. The standard InChI is InChI=1S/C14H14FN3O4S/c1-21-14-7(12(16)19)3-10-11(18-14)9(5-23-10)22-4-6-2-8(15)13(20)17-6/h3,5-6,8H,2,4H2,1H3,(H2,16,19)(H,17,20)/t6?,8-/m1/s1. The number of amides is 2. The van der Waals surface area contributed by atoms with Crippen LogP contribution in [-0.2, 0) is 4.79 Å². The van der Waals surface area contributed by atoms with Crippen molar-refractivity contribution in [2.24, 2.45) is 5.73 Å². The molecule has 23 heavy (non-hydrogen) atoms. The number of aromatic nitrogens is 1. The van der Waals surface area contributed by atoms with Gasteiger partial charge in [0.15, 0.2) is 11.9 Å². The molecule has 1 saturated heterocycles. The summed E-state index contributed by atoms with van der Waals surface area (Å²) in [6.45, 7) is 0.138. The smallest absolute Gasteiger partial charge is 0.254 e. The lowest BCUT2D eigenvalue weighted by Crippen LogP contribution is -2.31. The van der Waals surface area contributed by atoms with Crippen LogP contribution in [0.25, 0.3) is 10.2 Å². The van der Waals surface area contributed by atoms with Crippen LogP contribution in [0.15, 0.2) is 11.4 Å². The Balaban J connectivity index is 1.82. The predicted molar refractivity (Wildman–Crippen MR) is 81.6 cm³/mol. The summed E-state index contributed by atoms with van der Waals surface area (Å²) in [6.07, 6.45) is -1.40. The second-order valence-corrected chi connectivity index (χ2v) is 5.99. The number of carbonyl (C=O) groups is 2. The van der Waals surface area contributed by atoms with Crippen LogP contribution in [0, 0.1) is 0 Å². The van der Waals surface area contributed by atoms with Crippen molar-refractivity contribution >= 4 is 33.4 Å². The predicted octanol–water partition coefficient (Wildman–Crippen LogP) is 1.01. The number of hydrogen-bond donors (Lipinski definition) is 2. The van der Waals surface area contributed by atoms with E-state index >= 15 is 0 Å². The van der Waals surface area contributed by atoms with E-state index in [-0.39, 0.29) is 30.5 Å². The van der Waals surface area contributed by atoms with Gasteiger partial charge in [-0.05, 0) is 6.07 Å². The van der Waals surface area contributed by atoms with Gasteiger partial charge in [0.2, 0.25) is 5.88 Å². The van der Waals surface area contributed by atoms with Gasteiger partial charge in [0, 0.05) is 11.8 Å². The third-order valence-electron chi connectivity index (χ3n) is 3.50. The molecular weight excluding hydrogens is 325 g/mol. The van der Waals surface area contributed by atoms with Gasteiger partial charge in [0.05, 0.1) is 17.9 Å². The van der Waals surface area contributed by atoms with Gasteiger partial charge in [0.25, 0.3) is 11.8 Å². The molecule has 0 spiro atoms. The largest absolute Gasteiger partial charge is 0.488 e. The molecule has 2 atom stereocenters. The normalized spacial score (nSPS) is 20.5. The second-order valence-electron chi connectivity index (χ2n) is 5.08. The molecule has 3 rings (SSSR count). The van der Waals surface area contributed by atoms with Gasteiger partial charge >= 0.3 is 0 Å². The number of thiophene rings is 1. The molecule has 2 amide bonds. The summed E-state index contributed by atoms with van der Waals surface area (Å²) >= 11 is 1.34. The molecule has 0 aromatic carbocycles. The van der Waals surface area contributed by atoms with E-state index in [2.05, 4.69) is 10.3 Å². The van der Waals surface area contributed by atoms with Crippen LogP contribution in [0.1, 0.15) is 16.8 Å². The van der Waals surface area contributed by atoms with Gasteiger partial charge in [0.1, 0.15) is 17.7 Å². The summed E-state index contributed by atoms with van der Waals surface area (Å²) in [5.74, 6) is -0.642. The number of rotatable bonds is 5. The molecule has 1 fully saturated rings. The number of halogens is 1. The van der Waals surface area contributed by atoms with Crippen LogP contribution in [0.5, 0.6) is 11.6 Å². The van der Waals surface area contributed by atoms with Crippen molar-refractivity contribution in [1.29, 1.82) is 0 Å². The minimum atomic E-state index is -1.49. The summed E-state index contributed by atoms with van der Waals surface area (Å²) < 4.78 is 24.6. The molecule has 0 saturated carbocycles. The lowest BCUT2D eigenvalue weighted by atomic mass is 10.2. The molecule has 1 aliphatic rings. The van der Waals surface area contributed by atoms with Gasteiger partial charge in [-0.1, -0.05) is 0 Å². The fourth-order valence-corrected chi connectivity index (χ4v) is 3.22. The first-order valence-electron chi connectivity index (χ1n) is 6.83. The quantitative estimate of drug-likeness (QED) is 0.846. The fraction of sp³-hybridized carbons (Fsp3) is 0.357. The number of nitrogens with two attached hydrogens (primary N) is 1. The van der Waals surface area contributed by atoms with E-state index in [0.29, 0.717) is 16.0 Å². The van der Waals surface area contributed by atoms with Crippen molar-refractivity contribution in [1.82, 2.24) is 10.3 Å². The molecule has 1 unspecified atom stereocenters. The molecular formula is C14H14FN3O4S. The minimum absolute atomic E-state index is 0.0868. The highest BCUT2D eigenvalue weighted by Gasteiger charge is 2.32. The molecule has 9 heteroatoms. The number of fused-ring (bicyclic) bond motifs is 1. The Morgan fingerprint density at radius 2 is 2.39 bits per heavy atom. The molecule has 122 valence electrons. The zero-order valence-electron chi connectivity index (χ0n) is 12.2. The van der Waals surface area contributed by atoms with E-state index in [1.807, 2.05) is 0 Å². The maximum absolute atomic E-state index is 13.2. The topological polar surface area (TPSA) is 104 Å². The molecule has 0 aliphatic carbocycles. The number of nitrogens with zero attached hydrogens (tertiary/aromatic N) is 1. The number of methoxy groups -OCH3 is 1. The van der Waals surface area contributed by atoms with Crippen LogP contribution in [0.2, 0.25) is 0 Å². The van der Waals surface area contributed by atoms with Gasteiger partial charge in [-0.25, -0.2) is 9.37 Å². The van der Waals surface area contributed by atoms with E-state index in [0.717, 1.165) is 0 Å². The number of ether oxygens (including phenoxy) is 2. The molecule has 3 N–H and O–H groups in total. The lowest BCUT2D eigenvalue weighted by Gasteiger charge is -2.11. The van der Waals surface area contributed by atoms with Crippen LogP contribution in [0.4, 0.5) is 4.39 Å². The van der Waals surface area contributed by atoms with Gasteiger partial charge in [-0.3, -0.25) is 9.59 Å².